The SMILES string of the molecule is CC(C)(C)c1nc2cnc3ccccc3c2s1. The van der Waals surface area contributed by atoms with Crippen LogP contribution in [0.2, 0.25) is 0 Å². The van der Waals surface area contributed by atoms with Gasteiger partial charge in [-0.05, 0) is 6.07 Å². The first-order chi connectivity index (χ1) is 8.05. The second-order valence-electron chi connectivity index (χ2n) is 5.26. The van der Waals surface area contributed by atoms with Gasteiger partial charge in [-0.2, -0.15) is 0 Å². The minimum atomic E-state index is 0.102. The number of fused-ring (bicyclic) bond motifs is 3. The third-order valence-electron chi connectivity index (χ3n) is 2.77. The van der Waals surface area contributed by atoms with Gasteiger partial charge in [-0.15, -0.1) is 11.3 Å². The summed E-state index contributed by atoms with van der Waals surface area (Å²) in [6.45, 7) is 6.58. The average molecular weight is 242 g/mol. The average Bonchev–Trinajstić information content (AvgIpc) is 2.72. The van der Waals surface area contributed by atoms with E-state index in [1.54, 1.807) is 11.3 Å². The maximum atomic E-state index is 4.69. The molecule has 86 valence electrons. The number of nitrogens with zero attached hydrogens (tertiary/aromatic N) is 2. The smallest absolute Gasteiger partial charge is 0.100 e. The van der Waals surface area contributed by atoms with E-state index in [4.69, 9.17) is 4.98 Å². The van der Waals surface area contributed by atoms with Crippen LogP contribution in [0.4, 0.5) is 0 Å². The van der Waals surface area contributed by atoms with Gasteiger partial charge in [0.2, 0.25) is 0 Å². The van der Waals surface area contributed by atoms with Crippen LogP contribution in [-0.4, -0.2) is 9.97 Å². The first-order valence-corrected chi connectivity index (χ1v) is 6.52. The van der Waals surface area contributed by atoms with Gasteiger partial charge in [0.25, 0.3) is 0 Å². The molecule has 0 radical (unpaired) electrons. The number of thiazole rings is 1. The zero-order valence-electron chi connectivity index (χ0n) is 10.2. The summed E-state index contributed by atoms with van der Waals surface area (Å²) in [4.78, 5) is 9.14. The highest BCUT2D eigenvalue weighted by atomic mass is 32.1. The van der Waals surface area contributed by atoms with Gasteiger partial charge >= 0.3 is 0 Å². The van der Waals surface area contributed by atoms with Crippen molar-refractivity contribution in [3.8, 4) is 0 Å². The Morgan fingerprint density at radius 3 is 2.59 bits per heavy atom. The lowest BCUT2D eigenvalue weighted by molar-refractivity contribution is 0.587. The molecule has 0 saturated heterocycles. The summed E-state index contributed by atoms with van der Waals surface area (Å²) >= 11 is 1.78. The minimum absolute atomic E-state index is 0.102. The molecule has 0 saturated carbocycles. The van der Waals surface area contributed by atoms with E-state index in [-0.39, 0.29) is 5.41 Å². The second-order valence-corrected chi connectivity index (χ2v) is 6.26. The number of hydrogen-bond acceptors (Lipinski definition) is 3. The summed E-state index contributed by atoms with van der Waals surface area (Å²) in [6.07, 6.45) is 1.88. The van der Waals surface area contributed by atoms with E-state index in [2.05, 4.69) is 37.9 Å². The fourth-order valence-corrected chi connectivity index (χ4v) is 2.97. The third-order valence-corrected chi connectivity index (χ3v) is 4.30. The molecule has 2 heterocycles. The van der Waals surface area contributed by atoms with Crippen molar-refractivity contribution in [2.45, 2.75) is 26.2 Å². The molecule has 1 aromatic carbocycles. The van der Waals surface area contributed by atoms with E-state index in [0.29, 0.717) is 0 Å². The molecule has 0 N–H and O–H groups in total. The lowest BCUT2D eigenvalue weighted by Crippen LogP contribution is -2.09. The van der Waals surface area contributed by atoms with Gasteiger partial charge in [-0.25, -0.2) is 4.98 Å². The van der Waals surface area contributed by atoms with E-state index >= 15 is 0 Å². The predicted molar refractivity (Wildman–Crippen MR) is 73.6 cm³/mol. The molecular weight excluding hydrogens is 228 g/mol. The Morgan fingerprint density at radius 2 is 1.82 bits per heavy atom. The van der Waals surface area contributed by atoms with Gasteiger partial charge in [0, 0.05) is 10.8 Å². The van der Waals surface area contributed by atoms with Crippen LogP contribution in [0.5, 0.6) is 0 Å². The van der Waals surface area contributed by atoms with E-state index in [1.165, 1.54) is 15.1 Å². The first-order valence-electron chi connectivity index (χ1n) is 5.70. The van der Waals surface area contributed by atoms with Crippen LogP contribution < -0.4 is 0 Å². The van der Waals surface area contributed by atoms with Gasteiger partial charge < -0.3 is 0 Å². The summed E-state index contributed by atoms with van der Waals surface area (Å²) in [5.41, 5.74) is 2.16. The van der Waals surface area contributed by atoms with Crippen LogP contribution in [-0.2, 0) is 5.41 Å². The minimum Gasteiger partial charge on any atom is -0.254 e. The van der Waals surface area contributed by atoms with E-state index in [9.17, 15) is 0 Å². The van der Waals surface area contributed by atoms with Crippen LogP contribution in [0.15, 0.2) is 30.5 Å². The summed E-state index contributed by atoms with van der Waals surface area (Å²) in [6, 6.07) is 8.24. The van der Waals surface area contributed by atoms with Crippen LogP contribution in [0.3, 0.4) is 0 Å². The van der Waals surface area contributed by atoms with E-state index in [1.807, 2.05) is 18.3 Å². The van der Waals surface area contributed by atoms with Gasteiger partial charge in [0.15, 0.2) is 0 Å². The lowest BCUT2D eigenvalue weighted by Gasteiger charge is -2.13. The molecule has 0 atom stereocenters. The van der Waals surface area contributed by atoms with E-state index < -0.39 is 0 Å². The highest BCUT2D eigenvalue weighted by Gasteiger charge is 2.19. The topological polar surface area (TPSA) is 25.8 Å². The first kappa shape index (κ1) is 10.7. The molecule has 2 aromatic heterocycles. The number of pyridine rings is 1. The molecule has 2 nitrogen and oxygen atoms in total. The zero-order valence-corrected chi connectivity index (χ0v) is 11.0. The Balaban J connectivity index is 2.39. The van der Waals surface area contributed by atoms with Crippen LogP contribution >= 0.6 is 11.3 Å². The van der Waals surface area contributed by atoms with Crippen molar-refractivity contribution in [1.29, 1.82) is 0 Å². The molecule has 3 rings (SSSR count). The Bertz CT molecular complexity index is 692. The molecule has 0 amide bonds. The fraction of sp³-hybridized carbons (Fsp3) is 0.286. The zero-order chi connectivity index (χ0) is 12.0. The molecular formula is C14H14N2S. The Hall–Kier alpha value is -1.48. The number of para-hydroxylation sites is 1. The third kappa shape index (κ3) is 1.71. The number of rotatable bonds is 0. The molecule has 0 aliphatic heterocycles. The Labute approximate surface area is 104 Å². The van der Waals surface area contributed by atoms with Gasteiger partial charge in [0.05, 0.1) is 21.4 Å². The largest absolute Gasteiger partial charge is 0.254 e. The fourth-order valence-electron chi connectivity index (χ4n) is 1.84. The van der Waals surface area contributed by atoms with Gasteiger partial charge in [0.1, 0.15) is 5.52 Å². The van der Waals surface area contributed by atoms with Crippen molar-refractivity contribution >= 4 is 32.5 Å². The molecule has 17 heavy (non-hydrogen) atoms. The van der Waals surface area contributed by atoms with E-state index in [0.717, 1.165) is 11.0 Å². The molecule has 0 fully saturated rings. The van der Waals surface area contributed by atoms with Crippen LogP contribution in [0.25, 0.3) is 21.1 Å². The maximum absolute atomic E-state index is 4.69. The van der Waals surface area contributed by atoms with Crippen LogP contribution in [0.1, 0.15) is 25.8 Å². The Kier molecular flexibility index (Phi) is 2.20. The predicted octanol–water partition coefficient (Wildman–Crippen LogP) is 4.14. The molecule has 0 aliphatic rings. The highest BCUT2D eigenvalue weighted by Crippen LogP contribution is 2.34. The van der Waals surface area contributed by atoms with Crippen molar-refractivity contribution in [1.82, 2.24) is 9.97 Å². The molecule has 0 aliphatic carbocycles. The summed E-state index contributed by atoms with van der Waals surface area (Å²) in [5.74, 6) is 0. The molecule has 0 spiro atoms. The van der Waals surface area contributed by atoms with Crippen LogP contribution in [0, 0.1) is 0 Å². The second kappa shape index (κ2) is 3.50. The highest BCUT2D eigenvalue weighted by molar-refractivity contribution is 7.19. The number of benzene rings is 1. The Morgan fingerprint density at radius 1 is 1.06 bits per heavy atom. The summed E-state index contributed by atoms with van der Waals surface area (Å²) in [7, 11) is 0. The number of aromatic nitrogens is 2. The molecule has 0 unspecified atom stereocenters. The summed E-state index contributed by atoms with van der Waals surface area (Å²) in [5, 5.41) is 2.38. The normalized spacial score (nSPS) is 12.4. The standard InChI is InChI=1S/C14H14N2S/c1-14(2,3)13-16-11-8-15-10-7-5-4-6-9(10)12(11)17-13/h4-8H,1-3H3. The van der Waals surface area contributed by atoms with Crippen molar-refractivity contribution < 1.29 is 0 Å². The number of hydrogen-bond donors (Lipinski definition) is 0. The van der Waals surface area contributed by atoms with Crippen molar-refractivity contribution in [2.75, 3.05) is 0 Å². The monoisotopic (exact) mass is 242 g/mol. The van der Waals surface area contributed by atoms with Crippen molar-refractivity contribution in [2.24, 2.45) is 0 Å². The van der Waals surface area contributed by atoms with Crippen molar-refractivity contribution in [3.63, 3.8) is 0 Å². The molecule has 3 aromatic rings. The maximum Gasteiger partial charge on any atom is 0.100 e. The lowest BCUT2D eigenvalue weighted by atomic mass is 9.98. The molecule has 3 heteroatoms. The molecule has 0 bridgehead atoms. The van der Waals surface area contributed by atoms with Crippen molar-refractivity contribution in [3.05, 3.63) is 35.5 Å². The summed E-state index contributed by atoms with van der Waals surface area (Å²) < 4.78 is 1.25. The van der Waals surface area contributed by atoms with Gasteiger partial charge in [-0.1, -0.05) is 39.0 Å². The van der Waals surface area contributed by atoms with Gasteiger partial charge in [-0.3, -0.25) is 4.98 Å². The quantitative estimate of drug-likeness (QED) is 0.592.